The van der Waals surface area contributed by atoms with E-state index in [1.165, 1.54) is 4.57 Å². The van der Waals surface area contributed by atoms with Gasteiger partial charge in [-0.25, -0.2) is 9.78 Å². The third kappa shape index (κ3) is 5.69. The van der Waals surface area contributed by atoms with E-state index in [2.05, 4.69) is 20.3 Å². The maximum Gasteiger partial charge on any atom is 0.330 e. The van der Waals surface area contributed by atoms with Gasteiger partial charge in [-0.3, -0.25) is 23.9 Å². The number of imidazole rings is 1. The van der Waals surface area contributed by atoms with E-state index in [0.29, 0.717) is 41.4 Å². The Labute approximate surface area is 204 Å². The van der Waals surface area contributed by atoms with Crippen LogP contribution in [0, 0.1) is 0 Å². The Morgan fingerprint density at radius 1 is 1.06 bits per heavy atom. The number of carboxylic acid groups (broad SMARTS) is 1. The summed E-state index contributed by atoms with van der Waals surface area (Å²) < 4.78 is 6.70. The van der Waals surface area contributed by atoms with Gasteiger partial charge in [0.25, 0.3) is 11.5 Å². The monoisotopic (exact) mass is 491 g/mol. The number of anilines is 1. The van der Waals surface area contributed by atoms with Crippen molar-refractivity contribution < 1.29 is 19.4 Å². The molecule has 1 amide bonds. The van der Waals surface area contributed by atoms with Crippen LogP contribution in [-0.2, 0) is 22.6 Å². The van der Waals surface area contributed by atoms with Crippen LogP contribution in [0.1, 0.15) is 25.3 Å². The molecule has 2 aromatic heterocycles. The van der Waals surface area contributed by atoms with Crippen LogP contribution in [0.25, 0.3) is 22.6 Å². The van der Waals surface area contributed by atoms with Crippen LogP contribution in [0.5, 0.6) is 5.75 Å². The Balaban J connectivity index is 1.39. The van der Waals surface area contributed by atoms with Gasteiger partial charge >= 0.3 is 11.7 Å². The Morgan fingerprint density at radius 2 is 1.78 bits per heavy atom. The van der Waals surface area contributed by atoms with Gasteiger partial charge in [-0.2, -0.15) is 0 Å². The topological polar surface area (TPSA) is 159 Å². The molecule has 2 aromatic carbocycles. The lowest BCUT2D eigenvalue weighted by atomic mass is 10.1. The molecular weight excluding hydrogens is 466 g/mol. The minimum absolute atomic E-state index is 0.0870. The van der Waals surface area contributed by atoms with Gasteiger partial charge in [0, 0.05) is 17.8 Å². The number of benzene rings is 2. The highest BCUT2D eigenvalue weighted by atomic mass is 16.5. The number of hydrogen-bond acceptors (Lipinski definition) is 6. The fraction of sp³-hybridized carbons (Fsp3) is 0.240. The molecule has 11 nitrogen and oxygen atoms in total. The maximum absolute atomic E-state index is 12.7. The molecule has 4 aromatic rings. The summed E-state index contributed by atoms with van der Waals surface area (Å²) in [5.74, 6) is -0.420. The number of rotatable bonds is 10. The number of aliphatic carboxylic acids is 1. The summed E-state index contributed by atoms with van der Waals surface area (Å²) in [6.45, 7) is 2.10. The SMILES string of the molecule is CCCCn1c(=O)[nH]c2nc(-c3ccc(OCC(=O)Nc4ccc(CC(=O)O)cc4)cc3)[nH]c2c1=O. The summed E-state index contributed by atoms with van der Waals surface area (Å²) >= 11 is 0. The third-order valence-corrected chi connectivity index (χ3v) is 5.46. The molecule has 2 heterocycles. The molecule has 0 aliphatic rings. The van der Waals surface area contributed by atoms with E-state index >= 15 is 0 Å². The zero-order chi connectivity index (χ0) is 25.7. The Bertz CT molecular complexity index is 1500. The van der Waals surface area contributed by atoms with Crippen LogP contribution in [0.4, 0.5) is 5.69 Å². The number of carboxylic acids is 1. The van der Waals surface area contributed by atoms with E-state index in [1.807, 2.05) is 6.92 Å². The lowest BCUT2D eigenvalue weighted by Gasteiger charge is -2.08. The predicted molar refractivity (Wildman–Crippen MR) is 133 cm³/mol. The second kappa shape index (κ2) is 10.7. The molecule has 0 atom stereocenters. The molecule has 0 bridgehead atoms. The number of aromatic nitrogens is 4. The highest BCUT2D eigenvalue weighted by Crippen LogP contribution is 2.21. The van der Waals surface area contributed by atoms with E-state index in [4.69, 9.17) is 9.84 Å². The third-order valence-electron chi connectivity index (χ3n) is 5.46. The van der Waals surface area contributed by atoms with Crippen molar-refractivity contribution in [3.05, 3.63) is 74.9 Å². The smallest absolute Gasteiger partial charge is 0.330 e. The van der Waals surface area contributed by atoms with Gasteiger partial charge in [0.05, 0.1) is 6.42 Å². The number of nitrogens with one attached hydrogen (secondary N) is 3. The van der Waals surface area contributed by atoms with Crippen LogP contribution in [-0.4, -0.2) is 43.1 Å². The molecule has 0 aliphatic carbocycles. The van der Waals surface area contributed by atoms with Crippen molar-refractivity contribution in [3.8, 4) is 17.1 Å². The van der Waals surface area contributed by atoms with E-state index in [9.17, 15) is 19.2 Å². The number of carbonyl (C=O) groups is 2. The van der Waals surface area contributed by atoms with E-state index in [1.54, 1.807) is 48.5 Å². The fourth-order valence-corrected chi connectivity index (χ4v) is 3.61. The first-order valence-corrected chi connectivity index (χ1v) is 11.4. The first-order chi connectivity index (χ1) is 17.3. The molecule has 4 N–H and O–H groups in total. The summed E-state index contributed by atoms with van der Waals surface area (Å²) in [6.07, 6.45) is 1.49. The van der Waals surface area contributed by atoms with Gasteiger partial charge in [0.15, 0.2) is 12.3 Å². The Morgan fingerprint density at radius 3 is 2.44 bits per heavy atom. The first-order valence-electron chi connectivity index (χ1n) is 11.4. The minimum Gasteiger partial charge on any atom is -0.484 e. The summed E-state index contributed by atoms with van der Waals surface area (Å²) in [7, 11) is 0. The van der Waals surface area contributed by atoms with Gasteiger partial charge < -0.3 is 20.1 Å². The standard InChI is InChI=1S/C25H25N5O6/c1-2-3-12-30-24(34)21-23(29-25(30)35)28-22(27-21)16-6-10-18(11-7-16)36-14-19(31)26-17-8-4-15(5-9-17)13-20(32)33/h4-11H,2-3,12-14H2,1H3,(H,26,31)(H,27,28)(H,29,35)(H,32,33). The van der Waals surface area contributed by atoms with Gasteiger partial charge in [-0.15, -0.1) is 0 Å². The molecule has 0 unspecified atom stereocenters. The van der Waals surface area contributed by atoms with Crippen molar-refractivity contribution in [2.75, 3.05) is 11.9 Å². The highest BCUT2D eigenvalue weighted by Gasteiger charge is 2.13. The molecule has 186 valence electrons. The van der Waals surface area contributed by atoms with E-state index < -0.39 is 17.2 Å². The molecule has 0 aliphatic heterocycles. The van der Waals surface area contributed by atoms with E-state index in [0.717, 1.165) is 6.42 Å². The number of nitrogens with zero attached hydrogens (tertiary/aromatic N) is 2. The van der Waals surface area contributed by atoms with Crippen molar-refractivity contribution in [1.82, 2.24) is 19.5 Å². The van der Waals surface area contributed by atoms with Gasteiger partial charge in [0.1, 0.15) is 17.1 Å². The number of amides is 1. The molecule has 0 fully saturated rings. The van der Waals surface area contributed by atoms with Crippen molar-refractivity contribution >= 4 is 28.7 Å². The fourth-order valence-electron chi connectivity index (χ4n) is 3.61. The van der Waals surface area contributed by atoms with Crippen molar-refractivity contribution in [1.29, 1.82) is 0 Å². The Kier molecular flexibility index (Phi) is 7.28. The number of carbonyl (C=O) groups excluding carboxylic acids is 1. The number of aromatic amines is 2. The maximum atomic E-state index is 12.7. The van der Waals surface area contributed by atoms with Gasteiger partial charge in [0.2, 0.25) is 0 Å². The molecule has 11 heteroatoms. The summed E-state index contributed by atoms with van der Waals surface area (Å²) in [6, 6.07) is 13.3. The van der Waals surface area contributed by atoms with Gasteiger partial charge in [-0.05, 0) is 48.4 Å². The van der Waals surface area contributed by atoms with Crippen LogP contribution in [0.15, 0.2) is 58.1 Å². The quantitative estimate of drug-likeness (QED) is 0.265. The zero-order valence-electron chi connectivity index (χ0n) is 19.5. The molecule has 4 rings (SSSR count). The number of unbranched alkanes of at least 4 members (excludes halogenated alkanes) is 1. The number of hydrogen-bond donors (Lipinski definition) is 4. The number of H-pyrrole nitrogens is 2. The Hall–Kier alpha value is -4.67. The van der Waals surface area contributed by atoms with Crippen LogP contribution in [0.2, 0.25) is 0 Å². The van der Waals surface area contributed by atoms with Crippen LogP contribution >= 0.6 is 0 Å². The lowest BCUT2D eigenvalue weighted by Crippen LogP contribution is -2.35. The second-order valence-electron chi connectivity index (χ2n) is 8.18. The normalized spacial score (nSPS) is 10.9. The molecule has 0 radical (unpaired) electrons. The molecular formula is C25H25N5O6. The number of ether oxygens (including phenoxy) is 1. The lowest BCUT2D eigenvalue weighted by molar-refractivity contribution is -0.136. The van der Waals surface area contributed by atoms with Crippen molar-refractivity contribution in [2.45, 2.75) is 32.7 Å². The van der Waals surface area contributed by atoms with Crippen molar-refractivity contribution in [2.24, 2.45) is 0 Å². The highest BCUT2D eigenvalue weighted by molar-refractivity contribution is 5.92. The zero-order valence-corrected chi connectivity index (χ0v) is 19.5. The average molecular weight is 492 g/mol. The minimum atomic E-state index is -0.924. The molecule has 0 saturated carbocycles. The molecule has 0 saturated heterocycles. The second-order valence-corrected chi connectivity index (χ2v) is 8.18. The summed E-state index contributed by atoms with van der Waals surface area (Å²) in [5, 5.41) is 11.5. The first kappa shape index (κ1) is 24.5. The average Bonchev–Trinajstić information content (AvgIpc) is 3.28. The van der Waals surface area contributed by atoms with Crippen molar-refractivity contribution in [3.63, 3.8) is 0 Å². The summed E-state index contributed by atoms with van der Waals surface area (Å²) in [4.78, 5) is 57.8. The molecule has 0 spiro atoms. The van der Waals surface area contributed by atoms with Gasteiger partial charge in [-0.1, -0.05) is 25.5 Å². The van der Waals surface area contributed by atoms with Crippen LogP contribution < -0.4 is 21.3 Å². The number of fused-ring (bicyclic) bond motifs is 1. The molecule has 36 heavy (non-hydrogen) atoms. The van der Waals surface area contributed by atoms with Crippen LogP contribution in [0.3, 0.4) is 0 Å². The largest absolute Gasteiger partial charge is 0.484 e. The van der Waals surface area contributed by atoms with E-state index in [-0.39, 0.29) is 30.1 Å². The predicted octanol–water partition coefficient (Wildman–Crippen LogP) is 2.52. The summed E-state index contributed by atoms with van der Waals surface area (Å²) in [5.41, 5.74) is 1.36.